The Labute approximate surface area is 142 Å². The first kappa shape index (κ1) is 18.3. The summed E-state index contributed by atoms with van der Waals surface area (Å²) in [6.45, 7) is 3.47. The van der Waals surface area contributed by atoms with Crippen molar-refractivity contribution in [2.45, 2.75) is 24.7 Å². The number of amides is 1. The summed E-state index contributed by atoms with van der Waals surface area (Å²) in [5, 5.41) is 2.92. The number of benzene rings is 1. The second-order valence-corrected chi connectivity index (χ2v) is 9.06. The number of carbonyl (C=O) groups excluding carboxylic acids is 1. The number of nitrogens with zero attached hydrogens (tertiary/aromatic N) is 1. The molecule has 0 aliphatic carbocycles. The Hall–Kier alpha value is -1.05. The third-order valence-electron chi connectivity index (χ3n) is 3.91. The van der Waals surface area contributed by atoms with Gasteiger partial charge in [-0.15, -0.1) is 11.8 Å². The van der Waals surface area contributed by atoms with Crippen molar-refractivity contribution >= 4 is 27.7 Å². The van der Waals surface area contributed by atoms with Crippen molar-refractivity contribution in [3.05, 3.63) is 29.8 Å². The lowest BCUT2D eigenvalue weighted by molar-refractivity contribution is -0.125. The monoisotopic (exact) mass is 356 g/mol. The zero-order valence-electron chi connectivity index (χ0n) is 13.6. The minimum Gasteiger partial charge on any atom is -0.355 e. The zero-order chi connectivity index (χ0) is 16.9. The van der Waals surface area contributed by atoms with Crippen LogP contribution in [-0.2, 0) is 14.8 Å². The van der Waals surface area contributed by atoms with Crippen LogP contribution < -0.4 is 5.32 Å². The highest BCUT2D eigenvalue weighted by Crippen LogP contribution is 2.20. The van der Waals surface area contributed by atoms with Gasteiger partial charge in [0.25, 0.3) is 0 Å². The van der Waals surface area contributed by atoms with Crippen molar-refractivity contribution in [3.63, 3.8) is 0 Å². The van der Waals surface area contributed by atoms with Crippen molar-refractivity contribution < 1.29 is 13.2 Å². The molecule has 7 heteroatoms. The van der Waals surface area contributed by atoms with Crippen LogP contribution in [0.2, 0.25) is 0 Å². The lowest BCUT2D eigenvalue weighted by atomic mass is 9.99. The molecule has 23 heavy (non-hydrogen) atoms. The van der Waals surface area contributed by atoms with E-state index in [2.05, 4.69) is 36.5 Å². The summed E-state index contributed by atoms with van der Waals surface area (Å²) < 4.78 is 24.6. The van der Waals surface area contributed by atoms with Gasteiger partial charge in [-0.3, -0.25) is 4.79 Å². The normalized spacial score (nSPS) is 19.5. The van der Waals surface area contributed by atoms with Crippen molar-refractivity contribution in [2.24, 2.45) is 5.92 Å². The van der Waals surface area contributed by atoms with Crippen molar-refractivity contribution in [1.29, 1.82) is 0 Å². The highest BCUT2D eigenvalue weighted by Gasteiger charge is 2.29. The number of hydrogen-bond donors (Lipinski definition) is 1. The fourth-order valence-corrected chi connectivity index (χ4v) is 4.26. The van der Waals surface area contributed by atoms with Crippen molar-refractivity contribution in [1.82, 2.24) is 9.62 Å². The predicted octanol–water partition coefficient (Wildman–Crippen LogP) is 1.87. The Morgan fingerprint density at radius 1 is 1.35 bits per heavy atom. The molecular weight excluding hydrogens is 332 g/mol. The van der Waals surface area contributed by atoms with E-state index in [9.17, 15) is 13.2 Å². The van der Waals surface area contributed by atoms with E-state index in [4.69, 9.17) is 0 Å². The Bertz CT molecular complexity index is 629. The van der Waals surface area contributed by atoms with Gasteiger partial charge in [-0.1, -0.05) is 17.7 Å². The molecule has 5 nitrogen and oxygen atoms in total. The number of aryl methyl sites for hydroxylation is 1. The van der Waals surface area contributed by atoms with Crippen LogP contribution in [0, 0.1) is 12.8 Å². The summed E-state index contributed by atoms with van der Waals surface area (Å²) >= 11 is 1.70. The molecule has 0 radical (unpaired) electrons. The maximum atomic E-state index is 12.2. The Morgan fingerprint density at radius 2 is 2.04 bits per heavy atom. The molecular formula is C16H24N2O3S2. The number of rotatable bonds is 6. The summed E-state index contributed by atoms with van der Waals surface area (Å²) in [4.78, 5) is 13.4. The molecule has 1 saturated heterocycles. The van der Waals surface area contributed by atoms with E-state index in [1.165, 1.54) is 21.0 Å². The van der Waals surface area contributed by atoms with Crippen molar-refractivity contribution in [3.8, 4) is 0 Å². The molecule has 1 N–H and O–H groups in total. The number of hydrogen-bond acceptors (Lipinski definition) is 4. The molecule has 1 fully saturated rings. The van der Waals surface area contributed by atoms with E-state index in [1.54, 1.807) is 11.8 Å². The molecule has 1 aliphatic heterocycles. The molecule has 0 bridgehead atoms. The number of sulfonamides is 1. The third kappa shape index (κ3) is 5.82. The molecule has 2 rings (SSSR count). The minimum atomic E-state index is -3.21. The van der Waals surface area contributed by atoms with Gasteiger partial charge in [0, 0.05) is 30.3 Å². The van der Waals surface area contributed by atoms with Gasteiger partial charge in [0.1, 0.15) is 0 Å². The average Bonchev–Trinajstić information content (AvgIpc) is 2.52. The standard InChI is InChI=1S/C16H24N2O3S2/c1-13-5-7-15(8-6-13)22-11-9-17-16(19)14-4-3-10-18(12-14)23(2,20)21/h5-8,14H,3-4,9-12H2,1-2H3,(H,17,19)/t14-/m1/s1. The molecule has 1 aromatic rings. The van der Waals surface area contributed by atoms with Crippen LogP contribution in [0.3, 0.4) is 0 Å². The van der Waals surface area contributed by atoms with Crippen LogP contribution in [0.5, 0.6) is 0 Å². The van der Waals surface area contributed by atoms with E-state index < -0.39 is 10.0 Å². The molecule has 1 heterocycles. The minimum absolute atomic E-state index is 0.0390. The maximum absolute atomic E-state index is 12.2. The topological polar surface area (TPSA) is 66.5 Å². The van der Waals surface area contributed by atoms with Gasteiger partial charge >= 0.3 is 0 Å². The molecule has 0 aromatic heterocycles. The van der Waals surface area contributed by atoms with Gasteiger partial charge in [0.15, 0.2) is 0 Å². The fraction of sp³-hybridized carbons (Fsp3) is 0.562. The van der Waals surface area contributed by atoms with Crippen LogP contribution in [0.25, 0.3) is 0 Å². The number of thioether (sulfide) groups is 1. The maximum Gasteiger partial charge on any atom is 0.224 e. The van der Waals surface area contributed by atoms with Gasteiger partial charge in [0.2, 0.25) is 15.9 Å². The lowest BCUT2D eigenvalue weighted by Crippen LogP contribution is -2.45. The molecule has 0 saturated carbocycles. The lowest BCUT2D eigenvalue weighted by Gasteiger charge is -2.30. The molecule has 0 unspecified atom stereocenters. The molecule has 0 spiro atoms. The average molecular weight is 357 g/mol. The first-order chi connectivity index (χ1) is 10.9. The number of nitrogens with one attached hydrogen (secondary N) is 1. The molecule has 1 atom stereocenters. The second-order valence-electron chi connectivity index (χ2n) is 5.91. The van der Waals surface area contributed by atoms with Crippen LogP contribution in [0.4, 0.5) is 0 Å². The number of carbonyl (C=O) groups is 1. The van der Waals surface area contributed by atoms with Gasteiger partial charge in [-0.25, -0.2) is 12.7 Å². The Balaban J connectivity index is 1.73. The first-order valence-electron chi connectivity index (χ1n) is 7.78. The van der Waals surface area contributed by atoms with E-state index in [0.29, 0.717) is 19.6 Å². The van der Waals surface area contributed by atoms with E-state index in [0.717, 1.165) is 18.6 Å². The smallest absolute Gasteiger partial charge is 0.224 e. The van der Waals surface area contributed by atoms with Crippen LogP contribution >= 0.6 is 11.8 Å². The summed E-state index contributed by atoms with van der Waals surface area (Å²) in [5.74, 6) is 0.530. The SMILES string of the molecule is Cc1ccc(SCCNC(=O)[C@@H]2CCCN(S(C)(=O)=O)C2)cc1. The fourth-order valence-electron chi connectivity index (χ4n) is 2.58. The molecule has 1 amide bonds. The van der Waals surface area contributed by atoms with E-state index >= 15 is 0 Å². The molecule has 1 aliphatic rings. The quantitative estimate of drug-likeness (QED) is 0.624. The largest absolute Gasteiger partial charge is 0.355 e. The Morgan fingerprint density at radius 3 is 2.70 bits per heavy atom. The second kappa shape index (κ2) is 8.17. The van der Waals surface area contributed by atoms with Gasteiger partial charge in [0.05, 0.1) is 12.2 Å². The Kier molecular flexibility index (Phi) is 6.50. The third-order valence-corrected chi connectivity index (χ3v) is 6.20. The van der Waals surface area contributed by atoms with Crippen LogP contribution in [-0.4, -0.2) is 50.3 Å². The van der Waals surface area contributed by atoms with Gasteiger partial charge in [-0.2, -0.15) is 0 Å². The van der Waals surface area contributed by atoms with Crippen LogP contribution in [0.1, 0.15) is 18.4 Å². The molecule has 128 valence electrons. The van der Waals surface area contributed by atoms with Crippen LogP contribution in [0.15, 0.2) is 29.2 Å². The summed E-state index contributed by atoms with van der Waals surface area (Å²) in [5.41, 5.74) is 1.23. The van der Waals surface area contributed by atoms with E-state index in [-0.39, 0.29) is 11.8 Å². The number of piperidine rings is 1. The molecule has 1 aromatic carbocycles. The predicted molar refractivity (Wildman–Crippen MR) is 94.1 cm³/mol. The van der Waals surface area contributed by atoms with Gasteiger partial charge in [-0.05, 0) is 31.9 Å². The van der Waals surface area contributed by atoms with E-state index in [1.807, 2.05) is 0 Å². The summed E-state index contributed by atoms with van der Waals surface area (Å²) in [6.07, 6.45) is 2.69. The zero-order valence-corrected chi connectivity index (χ0v) is 15.3. The summed E-state index contributed by atoms with van der Waals surface area (Å²) in [7, 11) is -3.21. The van der Waals surface area contributed by atoms with Gasteiger partial charge < -0.3 is 5.32 Å². The first-order valence-corrected chi connectivity index (χ1v) is 10.6. The highest BCUT2D eigenvalue weighted by atomic mass is 32.2. The summed E-state index contributed by atoms with van der Waals surface area (Å²) in [6, 6.07) is 8.30. The van der Waals surface area contributed by atoms with Crippen molar-refractivity contribution in [2.75, 3.05) is 31.6 Å². The highest BCUT2D eigenvalue weighted by molar-refractivity contribution is 7.99.